The van der Waals surface area contributed by atoms with Crippen LogP contribution in [0.1, 0.15) is 19.8 Å². The Balaban J connectivity index is 1.90. The molecule has 1 aliphatic rings. The zero-order valence-electron chi connectivity index (χ0n) is 14.1. The van der Waals surface area contributed by atoms with Crippen LogP contribution in [0.2, 0.25) is 0 Å². The second-order valence-corrected chi connectivity index (χ2v) is 7.22. The van der Waals surface area contributed by atoms with E-state index >= 15 is 0 Å². The highest BCUT2D eigenvalue weighted by Gasteiger charge is 2.23. The van der Waals surface area contributed by atoms with Crippen LogP contribution in [-0.2, 0) is 16.1 Å². The summed E-state index contributed by atoms with van der Waals surface area (Å²) < 4.78 is 8.00. The van der Waals surface area contributed by atoms with Gasteiger partial charge in [0.1, 0.15) is 0 Å². The smallest absolute Gasteiger partial charge is 0.233 e. The zero-order valence-corrected chi connectivity index (χ0v) is 14.9. The maximum atomic E-state index is 11.9. The summed E-state index contributed by atoms with van der Waals surface area (Å²) in [4.78, 5) is 16.4. The van der Waals surface area contributed by atoms with E-state index in [9.17, 15) is 4.79 Å². The molecule has 24 heavy (non-hydrogen) atoms. The summed E-state index contributed by atoms with van der Waals surface area (Å²) in [5.74, 6) is 0.00734. The number of carbonyl (C=O) groups excluding carboxylic acids is 1. The van der Waals surface area contributed by atoms with Crippen molar-refractivity contribution in [3.8, 4) is 11.3 Å². The first kappa shape index (κ1) is 17.0. The first-order valence-electron chi connectivity index (χ1n) is 8.30. The number of carbonyl (C=O) groups is 1. The number of hydrogen-bond donors (Lipinski definition) is 1. The Hall–Kier alpha value is -1.79. The molecule has 0 saturated carbocycles. The molecular formula is C18H23N3O2S. The Kier molecular flexibility index (Phi) is 5.58. The number of amides is 1. The molecule has 5 nitrogen and oxygen atoms in total. The van der Waals surface area contributed by atoms with Crippen molar-refractivity contribution in [1.82, 2.24) is 14.9 Å². The Labute approximate surface area is 146 Å². The summed E-state index contributed by atoms with van der Waals surface area (Å²) >= 11 is 1.49. The molecule has 0 aliphatic carbocycles. The lowest BCUT2D eigenvalue weighted by molar-refractivity contribution is -0.119. The summed E-state index contributed by atoms with van der Waals surface area (Å²) in [5, 5.41) is 3.37. The number of nitrogens with zero attached hydrogens (tertiary/aromatic N) is 2. The number of aromatic nitrogens is 2. The highest BCUT2D eigenvalue weighted by molar-refractivity contribution is 8.00. The first-order chi connectivity index (χ1) is 11.7. The summed E-state index contributed by atoms with van der Waals surface area (Å²) in [5.41, 5.74) is 2.19. The quantitative estimate of drug-likeness (QED) is 0.818. The Morgan fingerprint density at radius 1 is 1.46 bits per heavy atom. The van der Waals surface area contributed by atoms with Crippen molar-refractivity contribution >= 4 is 17.7 Å². The van der Waals surface area contributed by atoms with Crippen LogP contribution in [0.3, 0.4) is 0 Å². The van der Waals surface area contributed by atoms with Crippen molar-refractivity contribution in [1.29, 1.82) is 0 Å². The van der Waals surface area contributed by atoms with E-state index in [4.69, 9.17) is 4.74 Å². The SMILES string of the molecule is CNC(=O)[C@@H](C)Sc1ncc(-c2ccccc2)n1C[C@H]1CCCO1. The van der Waals surface area contributed by atoms with Crippen molar-refractivity contribution in [2.45, 2.75) is 42.8 Å². The average Bonchev–Trinajstić information content (AvgIpc) is 3.26. The fraction of sp³-hybridized carbons (Fsp3) is 0.444. The number of nitrogens with one attached hydrogen (secondary N) is 1. The van der Waals surface area contributed by atoms with Gasteiger partial charge in [-0.3, -0.25) is 4.79 Å². The van der Waals surface area contributed by atoms with Crippen molar-refractivity contribution in [2.75, 3.05) is 13.7 Å². The molecule has 0 radical (unpaired) electrons. The summed E-state index contributed by atoms with van der Waals surface area (Å²) in [7, 11) is 1.66. The van der Waals surface area contributed by atoms with E-state index < -0.39 is 0 Å². The Morgan fingerprint density at radius 2 is 2.25 bits per heavy atom. The maximum Gasteiger partial charge on any atom is 0.233 e. The summed E-state index contributed by atoms with van der Waals surface area (Å²) in [6.07, 6.45) is 4.29. The van der Waals surface area contributed by atoms with Gasteiger partial charge in [0, 0.05) is 13.7 Å². The Morgan fingerprint density at radius 3 is 2.92 bits per heavy atom. The number of ether oxygens (including phenoxy) is 1. The van der Waals surface area contributed by atoms with E-state index in [0.29, 0.717) is 0 Å². The van der Waals surface area contributed by atoms with E-state index in [1.807, 2.05) is 31.3 Å². The molecule has 1 amide bonds. The molecule has 1 fully saturated rings. The predicted molar refractivity (Wildman–Crippen MR) is 96.0 cm³/mol. The fourth-order valence-corrected chi connectivity index (χ4v) is 3.83. The minimum absolute atomic E-state index is 0.00734. The molecule has 1 saturated heterocycles. The highest BCUT2D eigenvalue weighted by atomic mass is 32.2. The lowest BCUT2D eigenvalue weighted by Gasteiger charge is -2.17. The third-order valence-corrected chi connectivity index (χ3v) is 5.30. The molecule has 1 N–H and O–H groups in total. The fourth-order valence-electron chi connectivity index (χ4n) is 2.88. The predicted octanol–water partition coefficient (Wildman–Crippen LogP) is 2.96. The molecule has 1 aromatic heterocycles. The van der Waals surface area contributed by atoms with Crippen LogP contribution in [-0.4, -0.2) is 40.5 Å². The Bertz CT molecular complexity index is 681. The third-order valence-electron chi connectivity index (χ3n) is 4.20. The minimum Gasteiger partial charge on any atom is -0.376 e. The lowest BCUT2D eigenvalue weighted by Crippen LogP contribution is -2.27. The van der Waals surface area contributed by atoms with Crippen LogP contribution in [0.15, 0.2) is 41.7 Å². The van der Waals surface area contributed by atoms with Gasteiger partial charge in [-0.25, -0.2) is 4.98 Å². The van der Waals surface area contributed by atoms with Gasteiger partial charge in [0.25, 0.3) is 0 Å². The van der Waals surface area contributed by atoms with E-state index in [1.54, 1.807) is 7.05 Å². The van der Waals surface area contributed by atoms with Gasteiger partial charge in [-0.1, -0.05) is 42.1 Å². The minimum atomic E-state index is -0.190. The normalized spacial score (nSPS) is 18.5. The van der Waals surface area contributed by atoms with Crippen molar-refractivity contribution in [2.24, 2.45) is 0 Å². The van der Waals surface area contributed by atoms with Crippen LogP contribution in [0.4, 0.5) is 0 Å². The van der Waals surface area contributed by atoms with E-state index in [-0.39, 0.29) is 17.3 Å². The second kappa shape index (κ2) is 7.85. The standard InChI is InChI=1S/C18H23N3O2S/c1-13(17(22)19-2)24-18-20-11-16(14-7-4-3-5-8-14)21(18)12-15-9-6-10-23-15/h3-5,7-8,11,13,15H,6,9-10,12H2,1-2H3,(H,19,22)/t13-,15-/m1/s1. The molecule has 1 aliphatic heterocycles. The third kappa shape index (κ3) is 3.82. The first-order valence-corrected chi connectivity index (χ1v) is 9.18. The van der Waals surface area contributed by atoms with Gasteiger partial charge in [-0.15, -0.1) is 0 Å². The molecular weight excluding hydrogens is 322 g/mol. The molecule has 0 unspecified atom stereocenters. The van der Waals surface area contributed by atoms with Gasteiger partial charge in [-0.2, -0.15) is 0 Å². The average molecular weight is 345 g/mol. The molecule has 1 aromatic carbocycles. The molecule has 0 bridgehead atoms. The molecule has 3 rings (SSSR count). The number of rotatable bonds is 6. The summed E-state index contributed by atoms with van der Waals surface area (Å²) in [6.45, 7) is 3.50. The van der Waals surface area contributed by atoms with E-state index in [0.717, 1.165) is 42.4 Å². The van der Waals surface area contributed by atoms with Crippen LogP contribution >= 0.6 is 11.8 Å². The topological polar surface area (TPSA) is 56.2 Å². The number of thioether (sulfide) groups is 1. The van der Waals surface area contributed by atoms with Crippen LogP contribution in [0.5, 0.6) is 0 Å². The molecule has 0 spiro atoms. The van der Waals surface area contributed by atoms with Crippen molar-refractivity contribution < 1.29 is 9.53 Å². The van der Waals surface area contributed by atoms with Crippen LogP contribution in [0.25, 0.3) is 11.3 Å². The lowest BCUT2D eigenvalue weighted by atomic mass is 10.1. The van der Waals surface area contributed by atoms with Gasteiger partial charge in [-0.05, 0) is 25.3 Å². The van der Waals surface area contributed by atoms with Crippen molar-refractivity contribution in [3.05, 3.63) is 36.5 Å². The largest absolute Gasteiger partial charge is 0.376 e. The van der Waals surface area contributed by atoms with Gasteiger partial charge in [0.15, 0.2) is 5.16 Å². The van der Waals surface area contributed by atoms with Gasteiger partial charge in [0.2, 0.25) is 5.91 Å². The van der Waals surface area contributed by atoms with Crippen LogP contribution in [0, 0.1) is 0 Å². The molecule has 128 valence electrons. The monoisotopic (exact) mass is 345 g/mol. The van der Waals surface area contributed by atoms with E-state index in [1.165, 1.54) is 11.8 Å². The van der Waals surface area contributed by atoms with Gasteiger partial charge in [0.05, 0.1) is 29.8 Å². The number of hydrogen-bond acceptors (Lipinski definition) is 4. The maximum absolute atomic E-state index is 11.9. The highest BCUT2D eigenvalue weighted by Crippen LogP contribution is 2.30. The number of imidazole rings is 1. The van der Waals surface area contributed by atoms with Crippen molar-refractivity contribution in [3.63, 3.8) is 0 Å². The summed E-state index contributed by atoms with van der Waals surface area (Å²) in [6, 6.07) is 10.2. The molecule has 6 heteroatoms. The molecule has 2 aromatic rings. The second-order valence-electron chi connectivity index (χ2n) is 5.91. The van der Waals surface area contributed by atoms with Gasteiger partial charge >= 0.3 is 0 Å². The zero-order chi connectivity index (χ0) is 16.9. The molecule has 2 heterocycles. The van der Waals surface area contributed by atoms with Crippen LogP contribution < -0.4 is 5.32 Å². The van der Waals surface area contributed by atoms with E-state index in [2.05, 4.69) is 27.0 Å². The number of benzene rings is 1. The van der Waals surface area contributed by atoms with Gasteiger partial charge < -0.3 is 14.6 Å². The molecule has 2 atom stereocenters.